The topological polar surface area (TPSA) is 48.2 Å². The Morgan fingerprint density at radius 2 is 0.763 bits per heavy atom. The summed E-state index contributed by atoms with van der Waals surface area (Å²) in [6, 6.07) is 39.4. The molecule has 38 heavy (non-hydrogen) atoms. The van der Waals surface area contributed by atoms with Crippen LogP contribution in [-0.2, 0) is 0 Å². The minimum absolute atomic E-state index is 0.274. The van der Waals surface area contributed by atoms with Crippen molar-refractivity contribution in [3.05, 3.63) is 146 Å². The first kappa shape index (κ1) is 23.2. The van der Waals surface area contributed by atoms with Gasteiger partial charge < -0.3 is 10.2 Å². The molecule has 0 bridgehead atoms. The van der Waals surface area contributed by atoms with Crippen molar-refractivity contribution in [3.8, 4) is 56.3 Å². The number of para-hydroxylation sites is 2. The SMILES string of the molecule is Oc1ccccc1-c1cccc(-[n+]2ccc(-c3cc[n+](-c4cccc(-c5ccccc5O)c4)cc3)cc2)c1. The molecule has 0 saturated heterocycles. The van der Waals surface area contributed by atoms with Gasteiger partial charge in [0.15, 0.2) is 24.8 Å². The van der Waals surface area contributed by atoms with Gasteiger partial charge in [0.25, 0.3) is 0 Å². The Bertz CT molecular complexity index is 1600. The van der Waals surface area contributed by atoms with E-state index in [1.165, 1.54) is 0 Å². The average molecular weight is 495 g/mol. The van der Waals surface area contributed by atoms with Crippen LogP contribution in [0.1, 0.15) is 0 Å². The molecule has 0 spiro atoms. The summed E-state index contributed by atoms with van der Waals surface area (Å²) in [5.41, 5.74) is 7.85. The zero-order valence-electron chi connectivity index (χ0n) is 20.6. The molecule has 0 aliphatic heterocycles. The van der Waals surface area contributed by atoms with E-state index in [1.54, 1.807) is 12.1 Å². The van der Waals surface area contributed by atoms with Gasteiger partial charge in [0.1, 0.15) is 11.5 Å². The first-order valence-electron chi connectivity index (χ1n) is 12.5. The van der Waals surface area contributed by atoms with Crippen LogP contribution in [-0.4, -0.2) is 10.2 Å². The lowest BCUT2D eigenvalue weighted by Gasteiger charge is -2.06. The number of hydrogen-bond acceptors (Lipinski definition) is 2. The predicted molar refractivity (Wildman–Crippen MR) is 149 cm³/mol. The highest BCUT2D eigenvalue weighted by Crippen LogP contribution is 2.30. The fourth-order valence-corrected chi connectivity index (χ4v) is 4.69. The zero-order valence-corrected chi connectivity index (χ0v) is 20.6. The minimum atomic E-state index is 0.274. The van der Waals surface area contributed by atoms with Crippen LogP contribution in [0.15, 0.2) is 146 Å². The lowest BCUT2D eigenvalue weighted by atomic mass is 10.0. The monoisotopic (exact) mass is 494 g/mol. The Kier molecular flexibility index (Phi) is 6.12. The van der Waals surface area contributed by atoms with E-state index < -0.39 is 0 Å². The molecule has 0 atom stereocenters. The second kappa shape index (κ2) is 10.0. The highest BCUT2D eigenvalue weighted by atomic mass is 16.3. The fraction of sp³-hybridized carbons (Fsp3) is 0. The molecule has 4 nitrogen and oxygen atoms in total. The number of phenolic OH excluding ortho intramolecular Hbond substituents is 2. The van der Waals surface area contributed by atoms with Gasteiger partial charge >= 0.3 is 0 Å². The van der Waals surface area contributed by atoms with E-state index in [0.717, 1.165) is 44.8 Å². The number of nitrogens with zero attached hydrogens (tertiary/aromatic N) is 2. The van der Waals surface area contributed by atoms with Crippen LogP contribution in [0.3, 0.4) is 0 Å². The van der Waals surface area contributed by atoms with Crippen LogP contribution in [0.2, 0.25) is 0 Å². The third-order valence-corrected chi connectivity index (χ3v) is 6.71. The molecule has 0 amide bonds. The van der Waals surface area contributed by atoms with E-state index in [2.05, 4.69) is 82.5 Å². The normalized spacial score (nSPS) is 10.8. The molecule has 0 radical (unpaired) electrons. The molecule has 2 heterocycles. The van der Waals surface area contributed by atoms with Crippen molar-refractivity contribution < 1.29 is 19.3 Å². The number of pyridine rings is 2. The highest BCUT2D eigenvalue weighted by molar-refractivity contribution is 5.72. The molecular weight excluding hydrogens is 468 g/mol. The van der Waals surface area contributed by atoms with Gasteiger partial charge in [-0.05, 0) is 34.4 Å². The number of rotatable bonds is 5. The lowest BCUT2D eigenvalue weighted by Crippen LogP contribution is -2.29. The van der Waals surface area contributed by atoms with Crippen molar-refractivity contribution in [2.24, 2.45) is 0 Å². The Balaban J connectivity index is 1.24. The van der Waals surface area contributed by atoms with E-state index in [1.807, 2.05) is 60.7 Å². The summed E-state index contributed by atoms with van der Waals surface area (Å²) in [5, 5.41) is 20.5. The molecule has 0 aliphatic carbocycles. The molecule has 2 aromatic heterocycles. The number of hydrogen-bond donors (Lipinski definition) is 2. The van der Waals surface area contributed by atoms with Crippen molar-refractivity contribution in [2.75, 3.05) is 0 Å². The van der Waals surface area contributed by atoms with Gasteiger partial charge in [-0.1, -0.05) is 60.7 Å². The summed E-state index contributed by atoms with van der Waals surface area (Å²) >= 11 is 0. The van der Waals surface area contributed by atoms with Crippen LogP contribution in [0.4, 0.5) is 0 Å². The molecule has 0 fully saturated rings. The summed E-state index contributed by atoms with van der Waals surface area (Å²) in [5.74, 6) is 0.549. The number of aromatic nitrogens is 2. The zero-order chi connectivity index (χ0) is 25.9. The number of phenols is 2. The van der Waals surface area contributed by atoms with E-state index in [9.17, 15) is 10.2 Å². The quantitative estimate of drug-likeness (QED) is 0.264. The van der Waals surface area contributed by atoms with Crippen molar-refractivity contribution in [1.82, 2.24) is 0 Å². The van der Waals surface area contributed by atoms with Crippen LogP contribution in [0.5, 0.6) is 11.5 Å². The van der Waals surface area contributed by atoms with Gasteiger partial charge in [0, 0.05) is 59.7 Å². The summed E-state index contributed by atoms with van der Waals surface area (Å²) in [7, 11) is 0. The van der Waals surface area contributed by atoms with Gasteiger partial charge in [-0.3, -0.25) is 0 Å². The maximum absolute atomic E-state index is 10.2. The third-order valence-electron chi connectivity index (χ3n) is 6.71. The first-order chi connectivity index (χ1) is 18.7. The van der Waals surface area contributed by atoms with E-state index in [-0.39, 0.29) is 11.5 Å². The van der Waals surface area contributed by atoms with E-state index in [0.29, 0.717) is 0 Å². The molecular formula is C34H26N2O2+2. The molecule has 4 heteroatoms. The lowest BCUT2D eigenvalue weighted by molar-refractivity contribution is -0.596. The highest BCUT2D eigenvalue weighted by Gasteiger charge is 2.13. The predicted octanol–water partition coefficient (Wildman–Crippen LogP) is 6.65. The van der Waals surface area contributed by atoms with Gasteiger partial charge in [0.2, 0.25) is 11.4 Å². The Morgan fingerprint density at radius 3 is 1.16 bits per heavy atom. The molecule has 6 aromatic rings. The van der Waals surface area contributed by atoms with Crippen molar-refractivity contribution in [3.63, 3.8) is 0 Å². The molecule has 0 saturated carbocycles. The average Bonchev–Trinajstić information content (AvgIpc) is 2.98. The van der Waals surface area contributed by atoms with Gasteiger partial charge in [-0.15, -0.1) is 0 Å². The molecule has 4 aromatic carbocycles. The molecule has 0 aliphatic rings. The largest absolute Gasteiger partial charge is 0.507 e. The Hall–Kier alpha value is -5.22. The van der Waals surface area contributed by atoms with Gasteiger partial charge in [-0.2, -0.15) is 9.13 Å². The van der Waals surface area contributed by atoms with Crippen molar-refractivity contribution in [1.29, 1.82) is 0 Å². The molecule has 182 valence electrons. The smallest absolute Gasteiger partial charge is 0.211 e. The summed E-state index contributed by atoms with van der Waals surface area (Å²) in [6.45, 7) is 0. The van der Waals surface area contributed by atoms with Crippen LogP contribution in [0, 0.1) is 0 Å². The summed E-state index contributed by atoms with van der Waals surface area (Å²) < 4.78 is 4.14. The number of aromatic hydroxyl groups is 2. The minimum Gasteiger partial charge on any atom is -0.507 e. The fourth-order valence-electron chi connectivity index (χ4n) is 4.69. The Labute approximate surface area is 221 Å². The third kappa shape index (κ3) is 4.63. The summed E-state index contributed by atoms with van der Waals surface area (Å²) in [6.07, 6.45) is 8.21. The molecule has 2 N–H and O–H groups in total. The second-order valence-electron chi connectivity index (χ2n) is 9.12. The number of benzene rings is 4. The maximum Gasteiger partial charge on any atom is 0.211 e. The van der Waals surface area contributed by atoms with E-state index in [4.69, 9.17) is 0 Å². The van der Waals surface area contributed by atoms with Crippen molar-refractivity contribution in [2.45, 2.75) is 0 Å². The van der Waals surface area contributed by atoms with Gasteiger partial charge in [-0.25, -0.2) is 0 Å². The van der Waals surface area contributed by atoms with Gasteiger partial charge in [0.05, 0.1) is 0 Å². The van der Waals surface area contributed by atoms with Crippen LogP contribution in [0.25, 0.3) is 44.8 Å². The Morgan fingerprint density at radius 1 is 0.368 bits per heavy atom. The summed E-state index contributed by atoms with van der Waals surface area (Å²) in [4.78, 5) is 0. The first-order valence-corrected chi connectivity index (χ1v) is 12.5. The van der Waals surface area contributed by atoms with Crippen molar-refractivity contribution >= 4 is 0 Å². The van der Waals surface area contributed by atoms with Crippen LogP contribution < -0.4 is 9.13 Å². The van der Waals surface area contributed by atoms with E-state index >= 15 is 0 Å². The molecule has 0 unspecified atom stereocenters. The van der Waals surface area contributed by atoms with Crippen LogP contribution >= 0.6 is 0 Å². The standard InChI is InChI=1S/C34H24N2O2/c37-33-13-3-1-11-31(33)27-7-5-9-29(23-27)35-19-15-25(16-20-35)26-17-21-36(22-18-26)30-10-6-8-28(24-30)32-12-2-4-14-34(32)38/h1-24H/p+2. The molecule has 6 rings (SSSR count). The second-order valence-corrected chi connectivity index (χ2v) is 9.12. The maximum atomic E-state index is 10.2.